The first-order chi connectivity index (χ1) is 21.5. The number of piperazine rings is 1. The van der Waals surface area contributed by atoms with Gasteiger partial charge in [-0.2, -0.15) is 4.98 Å². The summed E-state index contributed by atoms with van der Waals surface area (Å²) in [5.41, 5.74) is 12.6. The zero-order chi connectivity index (χ0) is 30.5. The van der Waals surface area contributed by atoms with Crippen LogP contribution in [0.4, 0.5) is 11.8 Å². The molecular formula is C33H35N5O6. The average molecular weight is 598 g/mol. The molecule has 0 bridgehead atoms. The highest BCUT2D eigenvalue weighted by atomic mass is 17.1. The number of carboxylic acids is 1. The number of fused-ring (bicyclic) bond motifs is 3. The summed E-state index contributed by atoms with van der Waals surface area (Å²) < 4.78 is 11.9. The number of benzene rings is 3. The van der Waals surface area contributed by atoms with Crippen LogP contribution in [0.2, 0.25) is 0 Å². The lowest BCUT2D eigenvalue weighted by Crippen LogP contribution is -2.48. The lowest BCUT2D eigenvalue weighted by atomic mass is 9.88. The smallest absolute Gasteiger partial charge is 0.335 e. The standard InChI is InChI=1S/C33H35N5O6/c34-33-35-30-28-11-9-27(43-21-22-4-7-26(44-41)8-5-22)19-24(28)6-10-29(30)31(36-33)38-14-12-37(13-15-38)16-17-42-20-23-2-1-3-25(18-23)32(39)40/h1-5,7-9,11,18-19,41H,6,10,12-17,20-21H2,(H,39,40)(H2,34,35,36). The number of aromatic nitrogens is 2. The molecule has 0 spiro atoms. The van der Waals surface area contributed by atoms with Crippen molar-refractivity contribution < 1.29 is 29.5 Å². The molecule has 1 saturated heterocycles. The Bertz CT molecular complexity index is 1620. The maximum atomic E-state index is 11.2. The number of carbonyl (C=O) groups is 1. The van der Waals surface area contributed by atoms with Gasteiger partial charge in [0.05, 0.1) is 24.5 Å². The Morgan fingerprint density at radius 2 is 1.68 bits per heavy atom. The zero-order valence-corrected chi connectivity index (χ0v) is 24.3. The number of aromatic carboxylic acids is 1. The molecule has 0 radical (unpaired) electrons. The Morgan fingerprint density at radius 3 is 2.45 bits per heavy atom. The number of nitrogen functional groups attached to an aromatic ring is 1. The minimum atomic E-state index is -0.935. The highest BCUT2D eigenvalue weighted by Gasteiger charge is 2.27. The van der Waals surface area contributed by atoms with Gasteiger partial charge in [0.25, 0.3) is 0 Å². The molecule has 44 heavy (non-hydrogen) atoms. The maximum Gasteiger partial charge on any atom is 0.335 e. The summed E-state index contributed by atoms with van der Waals surface area (Å²) in [7, 11) is 0. The molecule has 0 atom stereocenters. The lowest BCUT2D eigenvalue weighted by molar-refractivity contribution is -0.137. The van der Waals surface area contributed by atoms with Crippen LogP contribution in [0, 0.1) is 0 Å². The van der Waals surface area contributed by atoms with Gasteiger partial charge in [-0.3, -0.25) is 4.90 Å². The van der Waals surface area contributed by atoms with E-state index in [1.807, 2.05) is 24.3 Å². The second kappa shape index (κ2) is 13.3. The van der Waals surface area contributed by atoms with Crippen molar-refractivity contribution in [2.75, 3.05) is 50.0 Å². The van der Waals surface area contributed by atoms with Crippen LogP contribution >= 0.6 is 0 Å². The van der Waals surface area contributed by atoms with E-state index in [9.17, 15) is 9.90 Å². The van der Waals surface area contributed by atoms with Crippen LogP contribution in [0.25, 0.3) is 11.3 Å². The molecule has 3 aromatic carbocycles. The van der Waals surface area contributed by atoms with Gasteiger partial charge >= 0.3 is 5.97 Å². The molecule has 228 valence electrons. The highest BCUT2D eigenvalue weighted by molar-refractivity contribution is 5.87. The second-order valence-corrected chi connectivity index (χ2v) is 11.0. The van der Waals surface area contributed by atoms with Crippen LogP contribution < -0.4 is 20.3 Å². The molecule has 1 aliphatic carbocycles. The monoisotopic (exact) mass is 597 g/mol. The van der Waals surface area contributed by atoms with Gasteiger partial charge in [0.15, 0.2) is 5.75 Å². The molecule has 11 heteroatoms. The molecule has 0 saturated carbocycles. The van der Waals surface area contributed by atoms with Crippen molar-refractivity contribution in [3.63, 3.8) is 0 Å². The Balaban J connectivity index is 1.05. The van der Waals surface area contributed by atoms with Gasteiger partial charge in [-0.25, -0.2) is 15.0 Å². The maximum absolute atomic E-state index is 11.2. The quantitative estimate of drug-likeness (QED) is 0.129. The molecule has 6 rings (SSSR count). The van der Waals surface area contributed by atoms with Crippen molar-refractivity contribution in [1.82, 2.24) is 14.9 Å². The van der Waals surface area contributed by atoms with E-state index in [1.54, 1.807) is 30.3 Å². The number of ether oxygens (including phenoxy) is 2. The van der Waals surface area contributed by atoms with Crippen LogP contribution in [0.1, 0.15) is 32.6 Å². The van der Waals surface area contributed by atoms with Gasteiger partial charge in [0, 0.05) is 43.9 Å². The zero-order valence-electron chi connectivity index (χ0n) is 24.3. The number of hydrogen-bond donors (Lipinski definition) is 3. The van der Waals surface area contributed by atoms with Crippen molar-refractivity contribution in [3.8, 4) is 22.8 Å². The second-order valence-electron chi connectivity index (χ2n) is 11.0. The summed E-state index contributed by atoms with van der Waals surface area (Å²) in [5.74, 6) is 1.42. The number of nitrogens with zero attached hydrogens (tertiary/aromatic N) is 4. The predicted molar refractivity (Wildman–Crippen MR) is 165 cm³/mol. The van der Waals surface area contributed by atoms with Crippen LogP contribution in [0.3, 0.4) is 0 Å². The van der Waals surface area contributed by atoms with E-state index < -0.39 is 5.97 Å². The normalized spacial score (nSPS) is 14.5. The summed E-state index contributed by atoms with van der Waals surface area (Å²) in [6.45, 7) is 5.57. The third kappa shape index (κ3) is 6.75. The number of nitrogens with two attached hydrogens (primary N) is 1. The van der Waals surface area contributed by atoms with E-state index in [-0.39, 0.29) is 11.5 Å². The van der Waals surface area contributed by atoms with Crippen LogP contribution in [0.15, 0.2) is 66.7 Å². The van der Waals surface area contributed by atoms with Crippen molar-refractivity contribution in [2.45, 2.75) is 26.1 Å². The summed E-state index contributed by atoms with van der Waals surface area (Å²) in [5, 5.41) is 17.9. The van der Waals surface area contributed by atoms with E-state index in [4.69, 9.17) is 20.5 Å². The van der Waals surface area contributed by atoms with Gasteiger partial charge in [-0.15, -0.1) is 0 Å². The summed E-state index contributed by atoms with van der Waals surface area (Å²) in [6.07, 6.45) is 1.68. The summed E-state index contributed by atoms with van der Waals surface area (Å²) in [4.78, 5) is 29.4. The largest absolute Gasteiger partial charge is 0.489 e. The first kappa shape index (κ1) is 29.4. The van der Waals surface area contributed by atoms with Crippen molar-refractivity contribution in [2.24, 2.45) is 0 Å². The number of rotatable bonds is 11. The Hall–Kier alpha value is -4.71. The summed E-state index contributed by atoms with van der Waals surface area (Å²) >= 11 is 0. The van der Waals surface area contributed by atoms with Gasteiger partial charge in [0.2, 0.25) is 5.95 Å². The minimum absolute atomic E-state index is 0.269. The Kier molecular flexibility index (Phi) is 8.87. The van der Waals surface area contributed by atoms with E-state index in [0.29, 0.717) is 25.6 Å². The molecular weight excluding hydrogens is 562 g/mol. The van der Waals surface area contributed by atoms with E-state index in [0.717, 1.165) is 85.1 Å². The van der Waals surface area contributed by atoms with Crippen molar-refractivity contribution >= 4 is 17.7 Å². The van der Waals surface area contributed by atoms with Gasteiger partial charge < -0.3 is 30.1 Å². The van der Waals surface area contributed by atoms with E-state index in [1.165, 1.54) is 5.56 Å². The third-order valence-corrected chi connectivity index (χ3v) is 8.08. The van der Waals surface area contributed by atoms with Crippen LogP contribution in [-0.2, 0) is 30.8 Å². The SMILES string of the molecule is Nc1nc2c(c(N3CCN(CCOCc4cccc(C(=O)O)c4)CC3)n1)CCc1cc(OCc3ccc(OO)cc3)ccc1-2. The first-order valence-electron chi connectivity index (χ1n) is 14.7. The third-order valence-electron chi connectivity index (χ3n) is 8.08. The first-order valence-corrected chi connectivity index (χ1v) is 14.7. The molecule has 0 amide bonds. The van der Waals surface area contributed by atoms with Crippen molar-refractivity contribution in [1.29, 1.82) is 0 Å². The van der Waals surface area contributed by atoms with Gasteiger partial charge in [0.1, 0.15) is 18.2 Å². The number of aryl methyl sites for hydroxylation is 1. The van der Waals surface area contributed by atoms with Gasteiger partial charge in [-0.1, -0.05) is 24.3 Å². The average Bonchev–Trinajstić information content (AvgIpc) is 3.06. The lowest BCUT2D eigenvalue weighted by Gasteiger charge is -2.37. The molecule has 0 unspecified atom stereocenters. The molecule has 11 nitrogen and oxygen atoms in total. The number of anilines is 2. The van der Waals surface area contributed by atoms with Crippen LogP contribution in [0.5, 0.6) is 11.5 Å². The molecule has 1 aromatic heterocycles. The van der Waals surface area contributed by atoms with E-state index >= 15 is 0 Å². The molecule has 2 aliphatic rings. The predicted octanol–water partition coefficient (Wildman–Crippen LogP) is 4.29. The Labute approximate surface area is 255 Å². The van der Waals surface area contributed by atoms with Crippen LogP contribution in [-0.4, -0.2) is 70.5 Å². The number of hydrogen-bond acceptors (Lipinski definition) is 10. The number of carboxylic acid groups (broad SMARTS) is 1. The fourth-order valence-electron chi connectivity index (χ4n) is 5.74. The fraction of sp³-hybridized carbons (Fsp3) is 0.303. The van der Waals surface area contributed by atoms with E-state index in [2.05, 4.69) is 36.8 Å². The molecule has 2 heterocycles. The molecule has 1 fully saturated rings. The fourth-order valence-corrected chi connectivity index (χ4v) is 5.74. The molecule has 4 aromatic rings. The van der Waals surface area contributed by atoms with Crippen molar-refractivity contribution in [3.05, 3.63) is 94.5 Å². The Morgan fingerprint density at radius 1 is 0.886 bits per heavy atom. The minimum Gasteiger partial charge on any atom is -0.489 e. The van der Waals surface area contributed by atoms with Gasteiger partial charge in [-0.05, 0) is 72.0 Å². The molecule has 1 aliphatic heterocycles. The molecule has 4 N–H and O–H groups in total. The summed E-state index contributed by atoms with van der Waals surface area (Å²) in [6, 6.07) is 20.0. The topological polar surface area (TPSA) is 144 Å². The highest BCUT2D eigenvalue weighted by Crippen LogP contribution is 2.38.